The summed E-state index contributed by atoms with van der Waals surface area (Å²) in [5, 5.41) is 10.7. The molecular formula is C40H46N10O4S. The van der Waals surface area contributed by atoms with Crippen molar-refractivity contribution in [2.24, 2.45) is 0 Å². The summed E-state index contributed by atoms with van der Waals surface area (Å²) >= 11 is 1.45. The predicted molar refractivity (Wildman–Crippen MR) is 216 cm³/mol. The van der Waals surface area contributed by atoms with Crippen LogP contribution in [0.5, 0.6) is 0 Å². The van der Waals surface area contributed by atoms with E-state index in [4.69, 9.17) is 4.98 Å². The largest absolute Gasteiger partial charge is 0.384 e. The Morgan fingerprint density at radius 2 is 1.67 bits per heavy atom. The molecule has 4 aromatic heterocycles. The molecule has 1 aliphatic heterocycles. The van der Waals surface area contributed by atoms with Crippen molar-refractivity contribution in [2.75, 3.05) is 53.6 Å². The second-order valence-electron chi connectivity index (χ2n) is 14.3. The summed E-state index contributed by atoms with van der Waals surface area (Å²) in [5.74, 6) is 0.492. The van der Waals surface area contributed by atoms with Crippen LogP contribution in [0.3, 0.4) is 0 Å². The van der Waals surface area contributed by atoms with Gasteiger partial charge in [0.15, 0.2) is 10.9 Å². The highest BCUT2D eigenvalue weighted by molar-refractivity contribution is 7.15. The summed E-state index contributed by atoms with van der Waals surface area (Å²) in [6.07, 6.45) is 7.61. The second-order valence-corrected chi connectivity index (χ2v) is 15.5. The van der Waals surface area contributed by atoms with Gasteiger partial charge < -0.3 is 20.4 Å². The van der Waals surface area contributed by atoms with Gasteiger partial charge in [0.1, 0.15) is 11.5 Å². The first-order chi connectivity index (χ1) is 26.5. The lowest BCUT2D eigenvalue weighted by molar-refractivity contribution is -0.131. The average Bonchev–Trinajstić information content (AvgIpc) is 3.81. The van der Waals surface area contributed by atoms with E-state index in [9.17, 15) is 19.2 Å². The van der Waals surface area contributed by atoms with Gasteiger partial charge in [0.05, 0.1) is 23.1 Å². The van der Waals surface area contributed by atoms with Gasteiger partial charge in [0.2, 0.25) is 11.9 Å². The molecule has 0 atom stereocenters. The number of aromatic nitrogens is 5. The van der Waals surface area contributed by atoms with Crippen LogP contribution >= 0.6 is 11.3 Å². The van der Waals surface area contributed by atoms with Crippen LogP contribution in [0, 0.1) is 27.7 Å². The Morgan fingerprint density at radius 1 is 0.909 bits per heavy atom. The van der Waals surface area contributed by atoms with Gasteiger partial charge in [0.25, 0.3) is 11.5 Å². The number of hydrogen-bond acceptors (Lipinski definition) is 12. The van der Waals surface area contributed by atoms with E-state index in [2.05, 4.69) is 35.8 Å². The van der Waals surface area contributed by atoms with Crippen LogP contribution in [0.25, 0.3) is 11.0 Å². The maximum absolute atomic E-state index is 13.5. The standard InChI is InChI=1S/C40H46N10O4S/c1-23-30(37(53)47-40-44-25(3)27(5)55-40)11-8-12-32(23)41-16-15-34(52)49-19-17-48(18-20-49)29-13-14-33(42-21-29)45-39-43-22-31-24(2)35(26(4)51)38(54)50(36(31)46-39)28-9-6-7-10-28/h8,11-14,21-22,28,41H,6-7,9-10,15-20H2,1-5H3,(H,44,47,53)(H,42,43,45,46). The molecule has 0 spiro atoms. The number of pyridine rings is 2. The number of piperazine rings is 1. The van der Waals surface area contributed by atoms with E-state index >= 15 is 0 Å². The number of Topliss-reactive ketones (excluding diaryl/α,β-unsaturated/α-hetero) is 1. The number of nitrogens with zero attached hydrogens (tertiary/aromatic N) is 7. The van der Waals surface area contributed by atoms with Crippen molar-refractivity contribution in [3.05, 3.63) is 85.9 Å². The zero-order valence-electron chi connectivity index (χ0n) is 31.9. The van der Waals surface area contributed by atoms with Gasteiger partial charge in [-0.15, -0.1) is 11.3 Å². The summed E-state index contributed by atoms with van der Waals surface area (Å²) in [5.41, 5.74) is 5.09. The van der Waals surface area contributed by atoms with Gasteiger partial charge in [0, 0.05) is 72.9 Å². The van der Waals surface area contributed by atoms with Crippen LogP contribution in [-0.2, 0) is 4.79 Å². The monoisotopic (exact) mass is 762 g/mol. The van der Waals surface area contributed by atoms with Crippen molar-refractivity contribution >= 4 is 68.2 Å². The van der Waals surface area contributed by atoms with Crippen molar-refractivity contribution in [1.29, 1.82) is 0 Å². The Hall–Kier alpha value is -5.70. The molecular weight excluding hydrogens is 717 g/mol. The Labute approximate surface area is 323 Å². The summed E-state index contributed by atoms with van der Waals surface area (Å²) < 4.78 is 1.70. The highest BCUT2D eigenvalue weighted by Gasteiger charge is 2.26. The lowest BCUT2D eigenvalue weighted by atomic mass is 10.0. The first kappa shape index (κ1) is 37.6. The van der Waals surface area contributed by atoms with Crippen LogP contribution in [0.4, 0.5) is 28.3 Å². The number of carbonyl (C=O) groups excluding carboxylic acids is 3. The Bertz CT molecular complexity index is 2300. The quantitative estimate of drug-likeness (QED) is 0.129. The lowest BCUT2D eigenvalue weighted by Gasteiger charge is -2.36. The fourth-order valence-electron chi connectivity index (χ4n) is 7.51. The van der Waals surface area contributed by atoms with Gasteiger partial charge >= 0.3 is 0 Å². The molecule has 1 saturated heterocycles. The van der Waals surface area contributed by atoms with E-state index in [-0.39, 0.29) is 34.8 Å². The summed E-state index contributed by atoms with van der Waals surface area (Å²) in [4.78, 5) is 75.6. The molecule has 1 aromatic carbocycles. The van der Waals surface area contributed by atoms with Crippen LogP contribution in [0.2, 0.25) is 0 Å². The maximum Gasteiger partial charge on any atom is 0.263 e. The molecule has 0 unspecified atom stereocenters. The second kappa shape index (κ2) is 16.0. The summed E-state index contributed by atoms with van der Waals surface area (Å²) in [6.45, 7) is 12.0. The van der Waals surface area contributed by atoms with Gasteiger partial charge in [-0.25, -0.2) is 15.0 Å². The number of fused-ring (bicyclic) bond motifs is 1. The Kier molecular flexibility index (Phi) is 10.9. The van der Waals surface area contributed by atoms with Crippen LogP contribution in [-0.4, -0.2) is 79.7 Å². The predicted octanol–water partition coefficient (Wildman–Crippen LogP) is 6.34. The van der Waals surface area contributed by atoms with Crippen molar-refractivity contribution < 1.29 is 14.4 Å². The van der Waals surface area contributed by atoms with Crippen molar-refractivity contribution in [3.63, 3.8) is 0 Å². The number of anilines is 5. The molecule has 5 aromatic rings. The van der Waals surface area contributed by atoms with Crippen molar-refractivity contribution in [1.82, 2.24) is 29.4 Å². The van der Waals surface area contributed by atoms with E-state index in [1.807, 2.05) is 49.9 Å². The Balaban J connectivity index is 0.924. The van der Waals surface area contributed by atoms with Gasteiger partial charge in [-0.3, -0.25) is 29.1 Å². The van der Waals surface area contributed by atoms with E-state index in [0.717, 1.165) is 53.2 Å². The molecule has 0 bridgehead atoms. The molecule has 2 amide bonds. The van der Waals surface area contributed by atoms with Gasteiger partial charge in [-0.1, -0.05) is 18.9 Å². The zero-order chi connectivity index (χ0) is 38.8. The number of nitrogens with one attached hydrogen (secondary N) is 3. The molecule has 7 rings (SSSR count). The summed E-state index contributed by atoms with van der Waals surface area (Å²) in [6, 6.07) is 9.38. The normalized spacial score (nSPS) is 14.7. The smallest absolute Gasteiger partial charge is 0.263 e. The van der Waals surface area contributed by atoms with Gasteiger partial charge in [-0.2, -0.15) is 4.98 Å². The minimum absolute atomic E-state index is 0.00134. The minimum Gasteiger partial charge on any atom is -0.384 e. The molecule has 14 nitrogen and oxygen atoms in total. The van der Waals surface area contributed by atoms with Crippen LogP contribution < -0.4 is 26.4 Å². The molecule has 2 aliphatic rings. The fourth-order valence-corrected chi connectivity index (χ4v) is 8.32. The number of thiazole rings is 1. The molecule has 1 saturated carbocycles. The number of rotatable bonds is 11. The lowest BCUT2D eigenvalue weighted by Crippen LogP contribution is -2.49. The van der Waals surface area contributed by atoms with E-state index in [1.54, 1.807) is 30.0 Å². The molecule has 55 heavy (non-hydrogen) atoms. The highest BCUT2D eigenvalue weighted by Crippen LogP contribution is 2.32. The number of carbonyl (C=O) groups is 3. The molecule has 286 valence electrons. The highest BCUT2D eigenvalue weighted by atomic mass is 32.1. The minimum atomic E-state index is -0.285. The van der Waals surface area contributed by atoms with Crippen LogP contribution in [0.1, 0.15) is 87.5 Å². The summed E-state index contributed by atoms with van der Waals surface area (Å²) in [7, 11) is 0. The van der Waals surface area contributed by atoms with Gasteiger partial charge in [-0.05, 0) is 82.9 Å². The van der Waals surface area contributed by atoms with E-state index < -0.39 is 0 Å². The third-order valence-electron chi connectivity index (χ3n) is 10.7. The number of amides is 2. The molecule has 2 fully saturated rings. The molecule has 0 radical (unpaired) electrons. The first-order valence-corrected chi connectivity index (χ1v) is 19.6. The van der Waals surface area contributed by atoms with E-state index in [1.165, 1.54) is 18.3 Å². The number of benzene rings is 1. The Morgan fingerprint density at radius 3 is 2.35 bits per heavy atom. The molecule has 15 heteroatoms. The van der Waals surface area contributed by atoms with E-state index in [0.29, 0.717) is 78.2 Å². The molecule has 5 heterocycles. The first-order valence-electron chi connectivity index (χ1n) is 18.8. The van der Waals surface area contributed by atoms with Crippen molar-refractivity contribution in [3.8, 4) is 0 Å². The number of ketones is 1. The fraction of sp³-hybridized carbons (Fsp3) is 0.400. The average molecular weight is 763 g/mol. The number of hydrogen-bond donors (Lipinski definition) is 3. The SMILES string of the molecule is CC(=O)c1c(C)c2cnc(Nc3ccc(N4CCN(C(=O)CCNc5cccc(C(=O)Nc6nc(C)c(C)s6)c5C)CC4)cn3)nc2n(C2CCCC2)c1=O. The van der Waals surface area contributed by atoms with Crippen molar-refractivity contribution in [2.45, 2.75) is 72.8 Å². The molecule has 3 N–H and O–H groups in total. The molecule has 1 aliphatic carbocycles. The van der Waals surface area contributed by atoms with Crippen LogP contribution in [0.15, 0.2) is 47.5 Å². The number of aryl methyl sites for hydroxylation is 3. The zero-order valence-corrected chi connectivity index (χ0v) is 32.7. The topological polar surface area (TPSA) is 167 Å². The third kappa shape index (κ3) is 7.93. The maximum atomic E-state index is 13.5. The third-order valence-corrected chi connectivity index (χ3v) is 11.7.